The topological polar surface area (TPSA) is 73.6 Å². The minimum atomic E-state index is -0.299. The van der Waals surface area contributed by atoms with E-state index in [-0.39, 0.29) is 18.1 Å². The van der Waals surface area contributed by atoms with Crippen molar-refractivity contribution in [3.8, 4) is 0 Å². The Kier molecular flexibility index (Phi) is 3.78. The van der Waals surface area contributed by atoms with Crippen LogP contribution in [0.2, 0.25) is 0 Å². The van der Waals surface area contributed by atoms with Gasteiger partial charge in [-0.1, -0.05) is 0 Å². The molecule has 0 aromatic heterocycles. The number of amides is 1. The zero-order valence-electron chi connectivity index (χ0n) is 9.54. The summed E-state index contributed by atoms with van der Waals surface area (Å²) >= 11 is 0. The van der Waals surface area contributed by atoms with Crippen molar-refractivity contribution in [2.45, 2.75) is 37.3 Å². The second kappa shape index (κ2) is 5.12. The largest absolute Gasteiger partial charge is 0.381 e. The molecular weight excluding hydrogens is 208 g/mol. The lowest BCUT2D eigenvalue weighted by Crippen LogP contribution is -2.51. The lowest BCUT2D eigenvalue weighted by molar-refractivity contribution is -0.141. The average Bonchev–Trinajstić information content (AvgIpc) is 2.28. The van der Waals surface area contributed by atoms with Crippen molar-refractivity contribution in [1.82, 2.24) is 5.32 Å². The van der Waals surface area contributed by atoms with Crippen molar-refractivity contribution in [2.24, 2.45) is 5.73 Å². The highest BCUT2D eigenvalue weighted by Gasteiger charge is 2.38. The second-order valence-electron chi connectivity index (χ2n) is 4.68. The molecule has 1 unspecified atom stereocenters. The fourth-order valence-electron chi connectivity index (χ4n) is 2.54. The van der Waals surface area contributed by atoms with Gasteiger partial charge in [0.2, 0.25) is 5.91 Å². The number of hydrogen-bond acceptors (Lipinski definition) is 4. The summed E-state index contributed by atoms with van der Waals surface area (Å²) in [5.74, 6) is -0.299. The van der Waals surface area contributed by atoms with Crippen LogP contribution < -0.4 is 11.1 Å². The molecule has 0 aliphatic carbocycles. The van der Waals surface area contributed by atoms with Crippen molar-refractivity contribution in [1.29, 1.82) is 0 Å². The first-order valence-electron chi connectivity index (χ1n) is 5.94. The van der Waals surface area contributed by atoms with Gasteiger partial charge < -0.3 is 20.5 Å². The van der Waals surface area contributed by atoms with Crippen molar-refractivity contribution in [3.63, 3.8) is 0 Å². The smallest absolute Gasteiger partial charge is 0.231 e. The second-order valence-corrected chi connectivity index (χ2v) is 4.68. The van der Waals surface area contributed by atoms with Crippen molar-refractivity contribution in [2.75, 3.05) is 26.4 Å². The molecule has 2 saturated heterocycles. The monoisotopic (exact) mass is 228 g/mol. The Morgan fingerprint density at radius 1 is 1.38 bits per heavy atom. The summed E-state index contributed by atoms with van der Waals surface area (Å²) in [6.07, 6.45) is 3.84. The molecule has 1 spiro atoms. The van der Waals surface area contributed by atoms with Crippen LogP contribution >= 0.6 is 0 Å². The average molecular weight is 228 g/mol. The number of rotatable bonds is 3. The molecule has 2 rings (SSSR count). The van der Waals surface area contributed by atoms with Crippen molar-refractivity contribution in [3.05, 3.63) is 0 Å². The molecule has 2 heterocycles. The van der Waals surface area contributed by atoms with Crippen molar-refractivity contribution >= 4 is 5.91 Å². The molecular formula is C11H20N2O3. The molecule has 92 valence electrons. The van der Waals surface area contributed by atoms with Gasteiger partial charge in [0.25, 0.3) is 0 Å². The molecule has 3 N–H and O–H groups in total. The van der Waals surface area contributed by atoms with Crippen LogP contribution in [0.15, 0.2) is 0 Å². The van der Waals surface area contributed by atoms with E-state index in [0.29, 0.717) is 6.04 Å². The SMILES string of the molecule is NC(=O)CNC1CCOC2(CCOCC2)C1. The molecule has 16 heavy (non-hydrogen) atoms. The third-order valence-corrected chi connectivity index (χ3v) is 3.46. The minimum Gasteiger partial charge on any atom is -0.381 e. The Labute approximate surface area is 95.7 Å². The van der Waals surface area contributed by atoms with E-state index in [1.165, 1.54) is 0 Å². The summed E-state index contributed by atoms with van der Waals surface area (Å²) in [7, 11) is 0. The first kappa shape index (κ1) is 11.8. The van der Waals surface area contributed by atoms with Gasteiger partial charge in [-0.25, -0.2) is 0 Å². The summed E-state index contributed by atoms with van der Waals surface area (Å²) in [5.41, 5.74) is 5.10. The van der Waals surface area contributed by atoms with Gasteiger partial charge in [-0.05, 0) is 25.7 Å². The van der Waals surface area contributed by atoms with Gasteiger partial charge in [0.15, 0.2) is 0 Å². The Hall–Kier alpha value is -0.650. The number of ether oxygens (including phenoxy) is 2. The van der Waals surface area contributed by atoms with Gasteiger partial charge in [-0.3, -0.25) is 4.79 Å². The highest BCUT2D eigenvalue weighted by molar-refractivity contribution is 5.75. The standard InChI is InChI=1S/C11H20N2O3/c12-10(14)8-13-9-1-4-16-11(7-9)2-5-15-6-3-11/h9,13H,1-8H2,(H2,12,14). The molecule has 0 saturated carbocycles. The van der Waals surface area contributed by atoms with Crippen LogP contribution in [0.4, 0.5) is 0 Å². The third kappa shape index (κ3) is 2.93. The third-order valence-electron chi connectivity index (χ3n) is 3.46. The van der Waals surface area contributed by atoms with E-state index in [1.54, 1.807) is 0 Å². The Morgan fingerprint density at radius 3 is 2.81 bits per heavy atom. The van der Waals surface area contributed by atoms with Crippen LogP contribution in [0.1, 0.15) is 25.7 Å². The van der Waals surface area contributed by atoms with E-state index < -0.39 is 0 Å². The maximum Gasteiger partial charge on any atom is 0.231 e. The predicted octanol–water partition coefficient (Wildman–Crippen LogP) is -0.211. The molecule has 0 bridgehead atoms. The first-order chi connectivity index (χ1) is 7.70. The number of nitrogens with one attached hydrogen (secondary N) is 1. The summed E-state index contributed by atoms with van der Waals surface area (Å²) in [6, 6.07) is 0.347. The molecule has 5 nitrogen and oxygen atoms in total. The molecule has 0 aromatic rings. The highest BCUT2D eigenvalue weighted by Crippen LogP contribution is 2.34. The molecule has 0 aromatic carbocycles. The van der Waals surface area contributed by atoms with Gasteiger partial charge in [0.1, 0.15) is 0 Å². The molecule has 1 atom stereocenters. The van der Waals surface area contributed by atoms with Gasteiger partial charge in [0, 0.05) is 25.9 Å². The first-order valence-corrected chi connectivity index (χ1v) is 5.94. The van der Waals surface area contributed by atoms with Gasteiger partial charge in [0.05, 0.1) is 12.1 Å². The zero-order valence-corrected chi connectivity index (χ0v) is 9.54. The molecule has 2 aliphatic rings. The Morgan fingerprint density at radius 2 is 2.12 bits per heavy atom. The van der Waals surface area contributed by atoms with E-state index in [2.05, 4.69) is 5.32 Å². The number of carbonyl (C=O) groups is 1. The van der Waals surface area contributed by atoms with E-state index in [1.807, 2.05) is 0 Å². The summed E-state index contributed by atoms with van der Waals surface area (Å²) < 4.78 is 11.3. The van der Waals surface area contributed by atoms with Crippen molar-refractivity contribution < 1.29 is 14.3 Å². The van der Waals surface area contributed by atoms with Crippen LogP contribution in [0.25, 0.3) is 0 Å². The van der Waals surface area contributed by atoms with Crippen LogP contribution in [0, 0.1) is 0 Å². The molecule has 5 heteroatoms. The maximum absolute atomic E-state index is 10.7. The summed E-state index contributed by atoms with van der Waals surface area (Å²) in [5, 5.41) is 3.20. The zero-order chi connectivity index (χ0) is 11.4. The van der Waals surface area contributed by atoms with E-state index in [9.17, 15) is 4.79 Å². The number of primary amides is 1. The quantitative estimate of drug-likeness (QED) is 0.701. The van der Waals surface area contributed by atoms with Gasteiger partial charge in [-0.15, -0.1) is 0 Å². The van der Waals surface area contributed by atoms with Gasteiger partial charge >= 0.3 is 0 Å². The van der Waals surface area contributed by atoms with E-state index >= 15 is 0 Å². The molecule has 0 radical (unpaired) electrons. The normalized spacial score (nSPS) is 29.1. The number of nitrogens with two attached hydrogens (primary N) is 1. The van der Waals surface area contributed by atoms with E-state index in [0.717, 1.165) is 45.5 Å². The fourth-order valence-corrected chi connectivity index (χ4v) is 2.54. The van der Waals surface area contributed by atoms with Crippen LogP contribution in [0.3, 0.4) is 0 Å². The Balaban J connectivity index is 1.85. The lowest BCUT2D eigenvalue weighted by atomic mass is 9.84. The van der Waals surface area contributed by atoms with Crippen LogP contribution in [0.5, 0.6) is 0 Å². The molecule has 1 amide bonds. The Bertz CT molecular complexity index is 246. The minimum absolute atomic E-state index is 0.0220. The highest BCUT2D eigenvalue weighted by atomic mass is 16.5. The van der Waals surface area contributed by atoms with Crippen LogP contribution in [-0.4, -0.2) is 43.9 Å². The summed E-state index contributed by atoms with van der Waals surface area (Å²) in [6.45, 7) is 2.58. The van der Waals surface area contributed by atoms with E-state index in [4.69, 9.17) is 15.2 Å². The predicted molar refractivity (Wildman–Crippen MR) is 59.0 cm³/mol. The molecule has 2 aliphatic heterocycles. The van der Waals surface area contributed by atoms with Crippen LogP contribution in [-0.2, 0) is 14.3 Å². The fraction of sp³-hybridized carbons (Fsp3) is 0.909. The lowest BCUT2D eigenvalue weighted by Gasteiger charge is -2.43. The molecule has 2 fully saturated rings. The number of hydrogen-bond donors (Lipinski definition) is 2. The summed E-state index contributed by atoms with van der Waals surface area (Å²) in [4.78, 5) is 10.7. The van der Waals surface area contributed by atoms with Gasteiger partial charge in [-0.2, -0.15) is 0 Å². The maximum atomic E-state index is 10.7. The number of carbonyl (C=O) groups excluding carboxylic acids is 1.